The van der Waals surface area contributed by atoms with E-state index in [1.807, 2.05) is 72.0 Å². The Balaban J connectivity index is 1.10. The zero-order chi connectivity index (χ0) is 37.0. The van der Waals surface area contributed by atoms with E-state index in [4.69, 9.17) is 15.0 Å². The van der Waals surface area contributed by atoms with Crippen LogP contribution in [0.4, 0.5) is 0 Å². The van der Waals surface area contributed by atoms with Gasteiger partial charge in [-0.2, -0.15) is 0 Å². The van der Waals surface area contributed by atoms with Gasteiger partial charge in [-0.3, -0.25) is 0 Å². The van der Waals surface area contributed by atoms with Crippen LogP contribution >= 0.6 is 11.3 Å². The molecular formula is C51H32N4S. The number of hydrogen-bond acceptors (Lipinski definition) is 4. The van der Waals surface area contributed by atoms with E-state index in [-0.39, 0.29) is 0 Å². The predicted molar refractivity (Wildman–Crippen MR) is 234 cm³/mol. The SMILES string of the molecule is c1ccc(-c2nc(-c3ccccc3)nc(-c3cccc(-c4cc(-c5ccc6c(c5)c5ccccc5n6-c5ccccc5)c5c(c4)sc4ccccc45)c3)n2)cc1. The van der Waals surface area contributed by atoms with Crippen LogP contribution in [0.3, 0.4) is 0 Å². The summed E-state index contributed by atoms with van der Waals surface area (Å²) in [5.74, 6) is 1.94. The molecule has 11 rings (SSSR count). The first-order chi connectivity index (χ1) is 27.7. The third-order valence-corrected chi connectivity index (χ3v) is 11.7. The molecule has 0 bridgehead atoms. The van der Waals surface area contributed by atoms with Gasteiger partial charge in [-0.15, -0.1) is 11.3 Å². The molecule has 8 aromatic carbocycles. The number of hydrogen-bond donors (Lipinski definition) is 0. The van der Waals surface area contributed by atoms with Crippen molar-refractivity contribution >= 4 is 53.3 Å². The van der Waals surface area contributed by atoms with Crippen LogP contribution in [-0.4, -0.2) is 19.5 Å². The highest BCUT2D eigenvalue weighted by Gasteiger charge is 2.18. The van der Waals surface area contributed by atoms with Crippen LogP contribution in [0.25, 0.3) is 104 Å². The Kier molecular flexibility index (Phi) is 7.64. The van der Waals surface area contributed by atoms with Gasteiger partial charge in [0, 0.05) is 53.3 Å². The van der Waals surface area contributed by atoms with Gasteiger partial charge in [0.25, 0.3) is 0 Å². The summed E-state index contributed by atoms with van der Waals surface area (Å²) in [5.41, 5.74) is 11.1. The van der Waals surface area contributed by atoms with E-state index in [0.29, 0.717) is 17.5 Å². The molecule has 0 unspecified atom stereocenters. The van der Waals surface area contributed by atoms with Gasteiger partial charge in [-0.05, 0) is 76.9 Å². The third-order valence-electron chi connectivity index (χ3n) is 10.6. The van der Waals surface area contributed by atoms with Crippen LogP contribution in [0, 0.1) is 0 Å². The summed E-state index contributed by atoms with van der Waals surface area (Å²) in [6.07, 6.45) is 0. The molecule has 4 nitrogen and oxygen atoms in total. The molecule has 0 saturated heterocycles. The van der Waals surface area contributed by atoms with Crippen molar-refractivity contribution in [3.05, 3.63) is 194 Å². The molecule has 0 radical (unpaired) electrons. The Morgan fingerprint density at radius 3 is 1.64 bits per heavy atom. The maximum Gasteiger partial charge on any atom is 0.164 e. The van der Waals surface area contributed by atoms with Crippen molar-refractivity contribution in [2.24, 2.45) is 0 Å². The van der Waals surface area contributed by atoms with Gasteiger partial charge in [0.2, 0.25) is 0 Å². The normalized spacial score (nSPS) is 11.6. The minimum Gasteiger partial charge on any atom is -0.309 e. The van der Waals surface area contributed by atoms with Crippen molar-refractivity contribution in [1.29, 1.82) is 0 Å². The van der Waals surface area contributed by atoms with Crippen LogP contribution in [-0.2, 0) is 0 Å². The second-order valence-electron chi connectivity index (χ2n) is 14.0. The second kappa shape index (κ2) is 13.3. The fraction of sp³-hybridized carbons (Fsp3) is 0. The first-order valence-electron chi connectivity index (χ1n) is 18.8. The van der Waals surface area contributed by atoms with Crippen molar-refractivity contribution in [2.75, 3.05) is 0 Å². The summed E-state index contributed by atoms with van der Waals surface area (Å²) in [4.78, 5) is 15.0. The summed E-state index contributed by atoms with van der Waals surface area (Å²) in [7, 11) is 0. The summed E-state index contributed by atoms with van der Waals surface area (Å²) in [5, 5.41) is 5.04. The van der Waals surface area contributed by atoms with Crippen LogP contribution in [0.2, 0.25) is 0 Å². The summed E-state index contributed by atoms with van der Waals surface area (Å²) < 4.78 is 4.91. The zero-order valence-corrected chi connectivity index (χ0v) is 31.0. The van der Waals surface area contributed by atoms with Crippen LogP contribution in [0.15, 0.2) is 194 Å². The fourth-order valence-corrected chi connectivity index (χ4v) is 9.19. The van der Waals surface area contributed by atoms with Gasteiger partial charge in [0.05, 0.1) is 11.0 Å². The van der Waals surface area contributed by atoms with E-state index in [1.165, 1.54) is 53.1 Å². The molecular weight excluding hydrogens is 701 g/mol. The molecule has 0 saturated carbocycles. The quantitative estimate of drug-likeness (QED) is 0.171. The van der Waals surface area contributed by atoms with E-state index in [2.05, 4.69) is 138 Å². The first-order valence-corrected chi connectivity index (χ1v) is 19.6. The van der Waals surface area contributed by atoms with Crippen LogP contribution in [0.1, 0.15) is 0 Å². The van der Waals surface area contributed by atoms with E-state index in [1.54, 1.807) is 0 Å². The molecule has 3 heterocycles. The predicted octanol–water partition coefficient (Wildman–Crippen LogP) is 13.7. The van der Waals surface area contributed by atoms with Crippen molar-refractivity contribution in [3.63, 3.8) is 0 Å². The Morgan fingerprint density at radius 2 is 0.911 bits per heavy atom. The lowest BCUT2D eigenvalue weighted by Gasteiger charge is -2.12. The van der Waals surface area contributed by atoms with Crippen molar-refractivity contribution < 1.29 is 0 Å². The molecule has 3 aromatic heterocycles. The Hall–Kier alpha value is -7.21. The van der Waals surface area contributed by atoms with Gasteiger partial charge in [-0.25, -0.2) is 15.0 Å². The Morgan fingerprint density at radius 1 is 0.339 bits per heavy atom. The van der Waals surface area contributed by atoms with Gasteiger partial charge < -0.3 is 4.57 Å². The Bertz CT molecular complexity index is 3180. The third kappa shape index (κ3) is 5.48. The second-order valence-corrected chi connectivity index (χ2v) is 15.1. The first kappa shape index (κ1) is 32.2. The molecule has 262 valence electrons. The van der Waals surface area contributed by atoms with Crippen LogP contribution in [0.5, 0.6) is 0 Å². The lowest BCUT2D eigenvalue weighted by molar-refractivity contribution is 1.07. The number of aromatic nitrogens is 4. The molecule has 5 heteroatoms. The summed E-state index contributed by atoms with van der Waals surface area (Å²) >= 11 is 1.85. The van der Waals surface area contributed by atoms with Crippen molar-refractivity contribution in [1.82, 2.24) is 19.5 Å². The smallest absolute Gasteiger partial charge is 0.164 e. The molecule has 0 fully saturated rings. The summed E-state index contributed by atoms with van der Waals surface area (Å²) in [6.45, 7) is 0. The zero-order valence-electron chi connectivity index (χ0n) is 30.2. The molecule has 0 aliphatic carbocycles. The largest absolute Gasteiger partial charge is 0.309 e. The average molecular weight is 733 g/mol. The monoisotopic (exact) mass is 732 g/mol. The highest BCUT2D eigenvalue weighted by Crippen LogP contribution is 2.44. The average Bonchev–Trinajstić information content (AvgIpc) is 3.82. The molecule has 0 spiro atoms. The fourth-order valence-electron chi connectivity index (χ4n) is 8.02. The van der Waals surface area contributed by atoms with Crippen molar-refractivity contribution in [3.8, 4) is 62.1 Å². The van der Waals surface area contributed by atoms with E-state index in [9.17, 15) is 0 Å². The minimum atomic E-state index is 0.642. The van der Waals surface area contributed by atoms with E-state index < -0.39 is 0 Å². The lowest BCUT2D eigenvalue weighted by atomic mass is 9.93. The number of benzene rings is 8. The summed E-state index contributed by atoms with van der Waals surface area (Å²) in [6, 6.07) is 68.7. The number of nitrogens with zero attached hydrogens (tertiary/aromatic N) is 4. The van der Waals surface area contributed by atoms with Gasteiger partial charge in [0.15, 0.2) is 17.5 Å². The molecule has 0 amide bonds. The number of thiophene rings is 1. The van der Waals surface area contributed by atoms with Gasteiger partial charge in [0.1, 0.15) is 0 Å². The molecule has 0 atom stereocenters. The number of fused-ring (bicyclic) bond motifs is 6. The van der Waals surface area contributed by atoms with Gasteiger partial charge in [-0.1, -0.05) is 140 Å². The Labute approximate surface area is 327 Å². The maximum atomic E-state index is 5.03. The lowest BCUT2D eigenvalue weighted by Crippen LogP contribution is -2.00. The number of para-hydroxylation sites is 2. The highest BCUT2D eigenvalue weighted by molar-refractivity contribution is 7.26. The van der Waals surface area contributed by atoms with E-state index >= 15 is 0 Å². The van der Waals surface area contributed by atoms with E-state index in [0.717, 1.165) is 33.5 Å². The highest BCUT2D eigenvalue weighted by atomic mass is 32.1. The molecule has 0 N–H and O–H groups in total. The molecule has 0 aliphatic rings. The molecule has 56 heavy (non-hydrogen) atoms. The van der Waals surface area contributed by atoms with Crippen molar-refractivity contribution in [2.45, 2.75) is 0 Å². The number of rotatable bonds is 6. The molecule has 11 aromatic rings. The molecule has 0 aliphatic heterocycles. The van der Waals surface area contributed by atoms with Gasteiger partial charge >= 0.3 is 0 Å². The minimum absolute atomic E-state index is 0.642. The topological polar surface area (TPSA) is 43.6 Å². The van der Waals surface area contributed by atoms with Crippen LogP contribution < -0.4 is 0 Å². The standard InChI is InChI=1S/C51H32N4S/c1-4-15-33(16-5-1)49-52-50(34-17-6-2-7-18-34)54-51(53-49)37-20-14-19-35(29-37)38-31-42(48-41-24-11-13-26-46(41)56-47(48)32-38)36-27-28-45-43(30-36)40-23-10-12-25-44(40)55(45)39-21-8-3-9-22-39/h1-32H. The maximum absolute atomic E-state index is 5.03.